The summed E-state index contributed by atoms with van der Waals surface area (Å²) in [6.07, 6.45) is 1.40. The van der Waals surface area contributed by atoms with Crippen LogP contribution in [0.5, 0.6) is 0 Å². The van der Waals surface area contributed by atoms with E-state index in [9.17, 15) is 9.90 Å². The second-order valence-electron chi connectivity index (χ2n) is 7.47. The van der Waals surface area contributed by atoms with Crippen molar-refractivity contribution in [3.05, 3.63) is 73.7 Å². The number of aliphatic hydroxyl groups is 1. The van der Waals surface area contributed by atoms with Gasteiger partial charge >= 0.3 is 0 Å². The van der Waals surface area contributed by atoms with Crippen LogP contribution < -0.4 is 0 Å². The normalized spacial score (nSPS) is 24.2. The van der Waals surface area contributed by atoms with Crippen LogP contribution in [0, 0.1) is 0 Å². The van der Waals surface area contributed by atoms with Crippen LogP contribution in [0.4, 0.5) is 0 Å². The van der Waals surface area contributed by atoms with E-state index in [2.05, 4.69) is 35.0 Å². The van der Waals surface area contributed by atoms with Gasteiger partial charge in [-0.2, -0.15) is 0 Å². The molecule has 0 saturated carbocycles. The second-order valence-corrected chi connectivity index (χ2v) is 9.26. The Bertz CT molecular complexity index is 953. The molecule has 0 bridgehead atoms. The van der Waals surface area contributed by atoms with Crippen molar-refractivity contribution in [3.8, 4) is 0 Å². The Morgan fingerprint density at radius 2 is 1.82 bits per heavy atom. The minimum atomic E-state index is -0.523. The van der Waals surface area contributed by atoms with Crippen LogP contribution >= 0.6 is 39.1 Å². The lowest BCUT2D eigenvalue weighted by Crippen LogP contribution is -2.45. The summed E-state index contributed by atoms with van der Waals surface area (Å²) in [7, 11) is 0. The van der Waals surface area contributed by atoms with Gasteiger partial charge in [0.2, 0.25) is 0 Å². The fraction of sp³-hybridized carbons (Fsp3) is 0.318. The smallest absolute Gasteiger partial charge is 0.255 e. The molecule has 2 atom stereocenters. The molecule has 0 radical (unpaired) electrons. The first kappa shape index (κ1) is 20.0. The Balaban J connectivity index is 1.87. The van der Waals surface area contributed by atoms with Crippen molar-refractivity contribution in [2.75, 3.05) is 6.54 Å². The highest BCUT2D eigenvalue weighted by molar-refractivity contribution is 9.10. The molecule has 28 heavy (non-hydrogen) atoms. The van der Waals surface area contributed by atoms with Crippen LogP contribution in [0.15, 0.2) is 52.5 Å². The zero-order valence-corrected chi connectivity index (χ0v) is 18.5. The molecule has 0 aromatic heterocycles. The Hall–Kier alpha value is -1.33. The van der Waals surface area contributed by atoms with E-state index in [0.717, 1.165) is 21.2 Å². The summed E-state index contributed by atoms with van der Waals surface area (Å²) >= 11 is 15.9. The number of nitrogens with zero attached hydrogens (tertiary/aromatic N) is 1. The first-order chi connectivity index (χ1) is 13.3. The second kappa shape index (κ2) is 7.49. The predicted octanol–water partition coefficient (Wildman–Crippen LogP) is 5.51. The van der Waals surface area contributed by atoms with E-state index in [4.69, 9.17) is 23.2 Å². The molecule has 3 nitrogen and oxygen atoms in total. The Morgan fingerprint density at radius 1 is 1.18 bits per heavy atom. The first-order valence-electron chi connectivity index (χ1n) is 9.28. The number of amides is 1. The van der Waals surface area contributed by atoms with E-state index in [1.54, 1.807) is 18.2 Å². The van der Waals surface area contributed by atoms with Crippen LogP contribution in [0.3, 0.4) is 0 Å². The van der Waals surface area contributed by atoms with Crippen molar-refractivity contribution in [2.24, 2.45) is 0 Å². The van der Waals surface area contributed by atoms with Gasteiger partial charge in [0, 0.05) is 33.1 Å². The maximum absolute atomic E-state index is 13.4. The molecular weight excluding hydrogens is 461 g/mol. The van der Waals surface area contributed by atoms with Gasteiger partial charge in [-0.1, -0.05) is 58.2 Å². The van der Waals surface area contributed by atoms with Crippen molar-refractivity contribution in [1.82, 2.24) is 4.90 Å². The summed E-state index contributed by atoms with van der Waals surface area (Å²) in [5, 5.41) is 11.4. The molecule has 0 unspecified atom stereocenters. The lowest BCUT2D eigenvalue weighted by atomic mass is 9.79. The van der Waals surface area contributed by atoms with Crippen LogP contribution in [0.1, 0.15) is 30.9 Å². The van der Waals surface area contributed by atoms with Gasteiger partial charge in [-0.05, 0) is 59.9 Å². The van der Waals surface area contributed by atoms with E-state index < -0.39 is 11.6 Å². The highest BCUT2D eigenvalue weighted by atomic mass is 79.9. The molecule has 146 valence electrons. The van der Waals surface area contributed by atoms with E-state index >= 15 is 0 Å². The zero-order chi connectivity index (χ0) is 20.1. The summed E-state index contributed by atoms with van der Waals surface area (Å²) in [6.45, 7) is 2.41. The molecule has 1 amide bonds. The number of hydrogen-bond acceptors (Lipinski definition) is 2. The van der Waals surface area contributed by atoms with Gasteiger partial charge in [0.25, 0.3) is 5.91 Å². The number of carbonyl (C=O) groups is 1. The average molecular weight is 481 g/mol. The molecule has 1 fully saturated rings. The standard InChI is InChI=1S/C22H20BrCl2NO2/c1-2-19-20(14-7-16(24)9-17(25)8-14)21(28)26-12-18(27)11-22(19,26)10-13-3-5-15(23)6-4-13/h3-9,18,27H,2,10-12H2,1H3/t18-,22-/m0/s1. The van der Waals surface area contributed by atoms with E-state index in [0.29, 0.717) is 41.4 Å². The number of hydrogen-bond donors (Lipinski definition) is 1. The van der Waals surface area contributed by atoms with Crippen LogP contribution in [0.2, 0.25) is 10.0 Å². The lowest BCUT2D eigenvalue weighted by Gasteiger charge is -2.35. The summed E-state index contributed by atoms with van der Waals surface area (Å²) < 4.78 is 1.01. The molecule has 2 heterocycles. The summed E-state index contributed by atoms with van der Waals surface area (Å²) in [5.74, 6) is -0.0520. The molecule has 2 aromatic rings. The van der Waals surface area contributed by atoms with Crippen LogP contribution in [-0.2, 0) is 11.2 Å². The molecule has 0 spiro atoms. The highest BCUT2D eigenvalue weighted by Crippen LogP contribution is 2.50. The molecule has 1 N–H and O–H groups in total. The monoisotopic (exact) mass is 479 g/mol. The number of aliphatic hydroxyl groups excluding tert-OH is 1. The van der Waals surface area contributed by atoms with Gasteiger partial charge in [-0.3, -0.25) is 4.79 Å². The van der Waals surface area contributed by atoms with Gasteiger partial charge in [0.15, 0.2) is 0 Å². The zero-order valence-electron chi connectivity index (χ0n) is 15.4. The summed E-state index contributed by atoms with van der Waals surface area (Å²) in [4.78, 5) is 15.3. The van der Waals surface area contributed by atoms with Gasteiger partial charge < -0.3 is 10.0 Å². The molecule has 0 aliphatic carbocycles. The fourth-order valence-electron chi connectivity index (χ4n) is 4.73. The largest absolute Gasteiger partial charge is 0.391 e. The average Bonchev–Trinajstić information content (AvgIpc) is 3.06. The fourth-order valence-corrected chi connectivity index (χ4v) is 5.52. The molecular formula is C22H20BrCl2NO2. The molecule has 2 aliphatic rings. The van der Waals surface area contributed by atoms with Gasteiger partial charge in [-0.25, -0.2) is 0 Å². The van der Waals surface area contributed by atoms with E-state index in [-0.39, 0.29) is 5.91 Å². The summed E-state index contributed by atoms with van der Waals surface area (Å²) in [6, 6.07) is 13.4. The Kier molecular flexibility index (Phi) is 5.34. The number of benzene rings is 2. The minimum Gasteiger partial charge on any atom is -0.391 e. The quantitative estimate of drug-likeness (QED) is 0.626. The third-order valence-electron chi connectivity index (χ3n) is 5.72. The Labute approximate surface area is 183 Å². The van der Waals surface area contributed by atoms with Crippen molar-refractivity contribution < 1.29 is 9.90 Å². The van der Waals surface area contributed by atoms with E-state index in [1.165, 1.54) is 0 Å². The Morgan fingerprint density at radius 3 is 2.43 bits per heavy atom. The number of β-amino-alcohol motifs (C(OH)–C–C–N with tert-alkyl or cyclic N) is 1. The van der Waals surface area contributed by atoms with Crippen LogP contribution in [-0.4, -0.2) is 34.1 Å². The highest BCUT2D eigenvalue weighted by Gasteiger charge is 2.55. The van der Waals surface area contributed by atoms with Crippen molar-refractivity contribution in [1.29, 1.82) is 0 Å². The van der Waals surface area contributed by atoms with Crippen LogP contribution in [0.25, 0.3) is 5.57 Å². The first-order valence-corrected chi connectivity index (χ1v) is 10.8. The number of fused-ring (bicyclic) bond motifs is 1. The predicted molar refractivity (Wildman–Crippen MR) is 117 cm³/mol. The molecule has 4 rings (SSSR count). The van der Waals surface area contributed by atoms with Crippen molar-refractivity contribution >= 4 is 50.6 Å². The number of carbonyl (C=O) groups excluding carboxylic acids is 1. The minimum absolute atomic E-state index is 0.0520. The lowest BCUT2D eigenvalue weighted by molar-refractivity contribution is -0.126. The van der Waals surface area contributed by atoms with Gasteiger partial charge in [0.1, 0.15) is 0 Å². The molecule has 1 saturated heterocycles. The maximum atomic E-state index is 13.4. The SMILES string of the molecule is CCC1=C(c2cc(Cl)cc(Cl)c2)C(=O)N2C[C@@H](O)C[C@@]12Cc1ccc(Br)cc1. The third kappa shape index (κ3) is 3.30. The molecule has 2 aromatic carbocycles. The maximum Gasteiger partial charge on any atom is 0.255 e. The van der Waals surface area contributed by atoms with Gasteiger partial charge in [0.05, 0.1) is 11.6 Å². The molecule has 6 heteroatoms. The van der Waals surface area contributed by atoms with Gasteiger partial charge in [-0.15, -0.1) is 0 Å². The van der Waals surface area contributed by atoms with Crippen molar-refractivity contribution in [3.63, 3.8) is 0 Å². The summed E-state index contributed by atoms with van der Waals surface area (Å²) in [5.41, 5.74) is 3.10. The third-order valence-corrected chi connectivity index (χ3v) is 6.69. The number of halogens is 3. The van der Waals surface area contributed by atoms with Crippen molar-refractivity contribution in [2.45, 2.75) is 37.8 Å². The topological polar surface area (TPSA) is 40.5 Å². The van der Waals surface area contributed by atoms with E-state index in [1.807, 2.05) is 17.0 Å². The molecule has 2 aliphatic heterocycles. The number of rotatable bonds is 4.